The van der Waals surface area contributed by atoms with Gasteiger partial charge in [0.25, 0.3) is 0 Å². The van der Waals surface area contributed by atoms with Crippen LogP contribution in [0.15, 0.2) is 170 Å². The maximum atomic E-state index is 4.96. The largest absolute Gasteiger partial charge is 0.236 e. The smallest absolute Gasteiger partial charge is 0.164 e. The van der Waals surface area contributed by atoms with Crippen LogP contribution in [0.5, 0.6) is 0 Å². The number of fused-ring (bicyclic) bond motifs is 3. The third kappa shape index (κ3) is 5.67. The Labute approximate surface area is 288 Å². The lowest BCUT2D eigenvalue weighted by Crippen LogP contribution is -2.00. The molecular weight excluding hydrogens is 617 g/mol. The third-order valence-electron chi connectivity index (χ3n) is 8.76. The molecule has 2 heterocycles. The van der Waals surface area contributed by atoms with E-state index in [1.54, 1.807) is 11.3 Å². The van der Waals surface area contributed by atoms with Gasteiger partial charge in [-0.05, 0) is 45.8 Å². The molecule has 49 heavy (non-hydrogen) atoms. The zero-order chi connectivity index (χ0) is 32.6. The summed E-state index contributed by atoms with van der Waals surface area (Å²) in [6.07, 6.45) is 0. The van der Waals surface area contributed by atoms with Gasteiger partial charge in [-0.1, -0.05) is 152 Å². The van der Waals surface area contributed by atoms with E-state index in [-0.39, 0.29) is 0 Å². The molecule has 0 amide bonds. The molecule has 0 saturated heterocycles. The van der Waals surface area contributed by atoms with Gasteiger partial charge in [-0.25, -0.2) is 19.9 Å². The number of nitrogens with zero attached hydrogens (tertiary/aromatic N) is 4. The summed E-state index contributed by atoms with van der Waals surface area (Å²) in [5.74, 6) is 1.96. The molecule has 4 nitrogen and oxygen atoms in total. The zero-order valence-corrected chi connectivity index (χ0v) is 27.2. The minimum Gasteiger partial charge on any atom is -0.236 e. The van der Waals surface area contributed by atoms with Crippen molar-refractivity contribution in [1.82, 2.24) is 19.9 Å². The van der Waals surface area contributed by atoms with Crippen LogP contribution in [0.3, 0.4) is 0 Å². The van der Waals surface area contributed by atoms with E-state index in [1.165, 1.54) is 26.6 Å². The van der Waals surface area contributed by atoms with E-state index in [0.29, 0.717) is 17.5 Å². The molecule has 7 aromatic carbocycles. The van der Waals surface area contributed by atoms with E-state index in [4.69, 9.17) is 19.9 Å². The molecule has 0 aliphatic rings. The normalized spacial score (nSPS) is 11.3. The van der Waals surface area contributed by atoms with Gasteiger partial charge in [-0.2, -0.15) is 0 Å². The van der Waals surface area contributed by atoms with E-state index in [9.17, 15) is 0 Å². The lowest BCUT2D eigenvalue weighted by molar-refractivity contribution is 1.07. The minimum atomic E-state index is 0.647. The summed E-state index contributed by atoms with van der Waals surface area (Å²) in [4.78, 5) is 19.6. The summed E-state index contributed by atoms with van der Waals surface area (Å²) in [7, 11) is 0. The first-order valence-electron chi connectivity index (χ1n) is 16.2. The number of hydrogen-bond donors (Lipinski definition) is 0. The quantitative estimate of drug-likeness (QED) is 0.181. The summed E-state index contributed by atoms with van der Waals surface area (Å²) in [5.41, 5.74) is 9.67. The van der Waals surface area contributed by atoms with Crippen LogP contribution in [0.2, 0.25) is 0 Å². The fourth-order valence-electron chi connectivity index (χ4n) is 6.22. The van der Waals surface area contributed by atoms with Gasteiger partial charge in [-0.3, -0.25) is 0 Å². The lowest BCUT2D eigenvalue weighted by atomic mass is 9.96. The number of aromatic nitrogens is 4. The molecule has 0 aliphatic heterocycles. The van der Waals surface area contributed by atoms with Crippen molar-refractivity contribution in [1.29, 1.82) is 0 Å². The van der Waals surface area contributed by atoms with Crippen LogP contribution in [-0.4, -0.2) is 19.9 Å². The van der Waals surface area contributed by atoms with Crippen LogP contribution in [0, 0.1) is 0 Å². The molecule has 9 aromatic rings. The SMILES string of the molecule is c1ccc(-c2nc(-c3ccccc3)nc(-c3ccc(-c4cccc(-c5ccc6ccc7nc(-c8ccccc8)sc7c6c5)c4)cc3)n2)cc1. The summed E-state index contributed by atoms with van der Waals surface area (Å²) >= 11 is 1.76. The van der Waals surface area contributed by atoms with Gasteiger partial charge in [0.2, 0.25) is 0 Å². The van der Waals surface area contributed by atoms with Gasteiger partial charge in [-0.15, -0.1) is 11.3 Å². The summed E-state index contributed by atoms with van der Waals surface area (Å²) in [5, 5.41) is 3.49. The Hall–Kier alpha value is -6.30. The molecule has 230 valence electrons. The van der Waals surface area contributed by atoms with Gasteiger partial charge in [0.05, 0.1) is 10.2 Å². The first kappa shape index (κ1) is 28.9. The van der Waals surface area contributed by atoms with E-state index < -0.39 is 0 Å². The average Bonchev–Trinajstić information content (AvgIpc) is 3.64. The fraction of sp³-hybridized carbons (Fsp3) is 0. The zero-order valence-electron chi connectivity index (χ0n) is 26.4. The predicted molar refractivity (Wildman–Crippen MR) is 203 cm³/mol. The van der Waals surface area contributed by atoms with Crippen LogP contribution in [0.1, 0.15) is 0 Å². The maximum absolute atomic E-state index is 4.96. The van der Waals surface area contributed by atoms with Crippen molar-refractivity contribution >= 4 is 32.3 Å². The van der Waals surface area contributed by atoms with Crippen molar-refractivity contribution in [2.45, 2.75) is 0 Å². The molecule has 0 N–H and O–H groups in total. The Bertz CT molecular complexity index is 2520. The first-order valence-corrected chi connectivity index (χ1v) is 17.0. The van der Waals surface area contributed by atoms with Gasteiger partial charge >= 0.3 is 0 Å². The first-order chi connectivity index (χ1) is 24.2. The topological polar surface area (TPSA) is 51.6 Å². The van der Waals surface area contributed by atoms with E-state index in [2.05, 4.69) is 103 Å². The highest BCUT2D eigenvalue weighted by atomic mass is 32.1. The van der Waals surface area contributed by atoms with Crippen molar-refractivity contribution in [2.24, 2.45) is 0 Å². The predicted octanol–water partition coefficient (Wildman–Crippen LogP) is 11.6. The fourth-order valence-corrected chi connectivity index (χ4v) is 7.31. The molecule has 9 rings (SSSR count). The number of benzene rings is 7. The molecule has 0 saturated carbocycles. The maximum Gasteiger partial charge on any atom is 0.164 e. The Morgan fingerprint density at radius 3 is 1.39 bits per heavy atom. The molecule has 0 spiro atoms. The van der Waals surface area contributed by atoms with Crippen molar-refractivity contribution in [2.75, 3.05) is 0 Å². The highest BCUT2D eigenvalue weighted by molar-refractivity contribution is 7.22. The molecular formula is C44H28N4S. The van der Waals surface area contributed by atoms with Crippen LogP contribution in [0.25, 0.3) is 88.0 Å². The molecule has 0 atom stereocenters. The Morgan fingerprint density at radius 1 is 0.327 bits per heavy atom. The van der Waals surface area contributed by atoms with Crippen molar-refractivity contribution in [3.05, 3.63) is 170 Å². The molecule has 0 aliphatic carbocycles. The van der Waals surface area contributed by atoms with Crippen LogP contribution in [-0.2, 0) is 0 Å². The summed E-state index contributed by atoms with van der Waals surface area (Å²) in [6.45, 7) is 0. The molecule has 0 radical (unpaired) electrons. The number of hydrogen-bond acceptors (Lipinski definition) is 5. The summed E-state index contributed by atoms with van der Waals surface area (Å²) in [6, 6.07) is 58.8. The van der Waals surface area contributed by atoms with Gasteiger partial charge < -0.3 is 0 Å². The van der Waals surface area contributed by atoms with Crippen LogP contribution >= 0.6 is 11.3 Å². The Morgan fingerprint density at radius 2 is 0.776 bits per heavy atom. The average molecular weight is 645 g/mol. The number of thiazole rings is 1. The standard InChI is InChI=1S/C44H28N4S/c1-4-11-31(12-5-1)41-46-42(32-13-6-2-7-14-32)48-43(47-41)33-22-19-29(20-23-33)35-17-10-18-36(27-35)37-24-21-30-25-26-39-40(38(30)28-37)49-44(45-39)34-15-8-3-9-16-34/h1-28H. The van der Waals surface area contributed by atoms with Crippen molar-refractivity contribution in [3.63, 3.8) is 0 Å². The number of rotatable bonds is 6. The monoisotopic (exact) mass is 644 g/mol. The molecule has 0 bridgehead atoms. The van der Waals surface area contributed by atoms with Crippen LogP contribution < -0.4 is 0 Å². The lowest BCUT2D eigenvalue weighted by Gasteiger charge is -2.10. The van der Waals surface area contributed by atoms with Gasteiger partial charge in [0.15, 0.2) is 17.5 Å². The Kier molecular flexibility index (Phi) is 7.30. The highest BCUT2D eigenvalue weighted by Gasteiger charge is 2.14. The molecule has 0 fully saturated rings. The second kappa shape index (κ2) is 12.4. The highest BCUT2D eigenvalue weighted by Crippen LogP contribution is 2.37. The second-order valence-corrected chi connectivity index (χ2v) is 12.9. The molecule has 5 heteroatoms. The third-order valence-corrected chi connectivity index (χ3v) is 9.92. The van der Waals surface area contributed by atoms with Gasteiger partial charge in [0.1, 0.15) is 5.01 Å². The second-order valence-electron chi connectivity index (χ2n) is 11.9. The van der Waals surface area contributed by atoms with E-state index in [1.807, 2.05) is 66.7 Å². The van der Waals surface area contributed by atoms with Gasteiger partial charge in [0, 0.05) is 27.6 Å². The van der Waals surface area contributed by atoms with Crippen LogP contribution in [0.4, 0.5) is 0 Å². The van der Waals surface area contributed by atoms with E-state index >= 15 is 0 Å². The summed E-state index contributed by atoms with van der Waals surface area (Å²) < 4.78 is 1.22. The van der Waals surface area contributed by atoms with Crippen molar-refractivity contribution < 1.29 is 0 Å². The van der Waals surface area contributed by atoms with E-state index in [0.717, 1.165) is 43.9 Å². The Balaban J connectivity index is 1.06. The van der Waals surface area contributed by atoms with Crippen molar-refractivity contribution in [3.8, 4) is 67.0 Å². The molecule has 2 aromatic heterocycles. The minimum absolute atomic E-state index is 0.647. The molecule has 0 unspecified atom stereocenters.